The molecule has 27 heavy (non-hydrogen) atoms. The van der Waals surface area contributed by atoms with Crippen molar-refractivity contribution >= 4 is 23.3 Å². The van der Waals surface area contributed by atoms with Gasteiger partial charge in [-0.3, -0.25) is 9.59 Å². The number of fused-ring (bicyclic) bond motifs is 1. The lowest BCUT2D eigenvalue weighted by Gasteiger charge is -2.29. The van der Waals surface area contributed by atoms with Gasteiger partial charge in [0.25, 0.3) is 5.91 Å². The van der Waals surface area contributed by atoms with Gasteiger partial charge in [-0.1, -0.05) is 48.2 Å². The summed E-state index contributed by atoms with van der Waals surface area (Å²) < 4.78 is 3.99. The summed E-state index contributed by atoms with van der Waals surface area (Å²) in [6.45, 7) is 5.80. The largest absolute Gasteiger partial charge is 0.337 e. The number of carbonyl (C=O) groups excluding carboxylic acids is 2. The van der Waals surface area contributed by atoms with Crippen LogP contribution in [0.4, 0.5) is 0 Å². The molecule has 3 heterocycles. The molecule has 0 radical (unpaired) electrons. The van der Waals surface area contributed by atoms with Gasteiger partial charge in [-0.05, 0) is 23.5 Å². The SMILES string of the molecule is CCCc1nnsc1C(=O)N1C[C@@H]2CN(C(C)=O)[C@H](c3ccccc3)[C@@H]2C1. The second-order valence-corrected chi connectivity index (χ2v) is 8.21. The Morgan fingerprint density at radius 2 is 1.96 bits per heavy atom. The Morgan fingerprint density at radius 3 is 2.67 bits per heavy atom. The maximum absolute atomic E-state index is 13.1. The Balaban J connectivity index is 1.57. The molecule has 0 bridgehead atoms. The fourth-order valence-electron chi connectivity index (χ4n) is 4.53. The van der Waals surface area contributed by atoms with Gasteiger partial charge in [-0.2, -0.15) is 0 Å². The van der Waals surface area contributed by atoms with E-state index in [4.69, 9.17) is 0 Å². The van der Waals surface area contributed by atoms with E-state index in [9.17, 15) is 9.59 Å². The van der Waals surface area contributed by atoms with Crippen molar-refractivity contribution in [1.82, 2.24) is 19.4 Å². The minimum atomic E-state index is 0.0428. The molecule has 2 amide bonds. The monoisotopic (exact) mass is 384 g/mol. The van der Waals surface area contributed by atoms with E-state index in [1.165, 1.54) is 11.5 Å². The zero-order chi connectivity index (χ0) is 19.0. The van der Waals surface area contributed by atoms with E-state index in [0.29, 0.717) is 30.4 Å². The number of amides is 2. The Hall–Kier alpha value is -2.28. The third-order valence-electron chi connectivity index (χ3n) is 5.73. The number of rotatable bonds is 4. The predicted molar refractivity (Wildman–Crippen MR) is 103 cm³/mol. The van der Waals surface area contributed by atoms with Crippen molar-refractivity contribution in [3.63, 3.8) is 0 Å². The van der Waals surface area contributed by atoms with Crippen molar-refractivity contribution in [2.75, 3.05) is 19.6 Å². The topological polar surface area (TPSA) is 66.4 Å². The fraction of sp³-hybridized carbons (Fsp3) is 0.500. The first-order chi connectivity index (χ1) is 13.1. The average molecular weight is 385 g/mol. The number of benzene rings is 1. The molecule has 0 saturated carbocycles. The van der Waals surface area contributed by atoms with E-state index < -0.39 is 0 Å². The van der Waals surface area contributed by atoms with Crippen LogP contribution < -0.4 is 0 Å². The lowest BCUT2D eigenvalue weighted by molar-refractivity contribution is -0.130. The van der Waals surface area contributed by atoms with E-state index in [-0.39, 0.29) is 23.8 Å². The van der Waals surface area contributed by atoms with Gasteiger partial charge in [-0.25, -0.2) is 0 Å². The van der Waals surface area contributed by atoms with Crippen LogP contribution in [0, 0.1) is 11.8 Å². The molecule has 1 aromatic carbocycles. The van der Waals surface area contributed by atoms with Gasteiger partial charge < -0.3 is 9.80 Å². The summed E-state index contributed by atoms with van der Waals surface area (Å²) in [5.41, 5.74) is 1.97. The third-order valence-corrected chi connectivity index (χ3v) is 6.49. The summed E-state index contributed by atoms with van der Waals surface area (Å²) in [5, 5.41) is 4.14. The second kappa shape index (κ2) is 7.38. The molecule has 2 aliphatic rings. The highest BCUT2D eigenvalue weighted by molar-refractivity contribution is 7.08. The van der Waals surface area contributed by atoms with Gasteiger partial charge in [0.2, 0.25) is 5.91 Å². The molecule has 142 valence electrons. The highest BCUT2D eigenvalue weighted by Gasteiger charge is 2.49. The smallest absolute Gasteiger partial charge is 0.267 e. The Morgan fingerprint density at radius 1 is 1.19 bits per heavy atom. The summed E-state index contributed by atoms with van der Waals surface area (Å²) in [6.07, 6.45) is 1.73. The second-order valence-electron chi connectivity index (χ2n) is 7.46. The number of aryl methyl sites for hydroxylation is 1. The lowest BCUT2D eigenvalue weighted by Crippen LogP contribution is -2.36. The van der Waals surface area contributed by atoms with E-state index in [1.54, 1.807) is 6.92 Å². The molecule has 1 aromatic heterocycles. The van der Waals surface area contributed by atoms with Crippen LogP contribution in [0.1, 0.15) is 47.2 Å². The zero-order valence-electron chi connectivity index (χ0n) is 15.7. The quantitative estimate of drug-likeness (QED) is 0.813. The van der Waals surface area contributed by atoms with Gasteiger partial charge in [-0.15, -0.1) is 5.10 Å². The molecular formula is C20H24N4O2S. The van der Waals surface area contributed by atoms with Gasteiger partial charge >= 0.3 is 0 Å². The Bertz CT molecular complexity index is 838. The number of aromatic nitrogens is 2. The minimum absolute atomic E-state index is 0.0428. The minimum Gasteiger partial charge on any atom is -0.337 e. The fourth-order valence-corrected chi connectivity index (χ4v) is 5.20. The van der Waals surface area contributed by atoms with Crippen molar-refractivity contribution in [2.45, 2.75) is 32.7 Å². The Kier molecular flexibility index (Phi) is 4.95. The number of hydrogen-bond donors (Lipinski definition) is 0. The van der Waals surface area contributed by atoms with Crippen LogP contribution in [-0.2, 0) is 11.2 Å². The van der Waals surface area contributed by atoms with Crippen molar-refractivity contribution in [1.29, 1.82) is 0 Å². The molecule has 2 aliphatic heterocycles. The van der Waals surface area contributed by atoms with Crippen LogP contribution in [0.3, 0.4) is 0 Å². The summed E-state index contributed by atoms with van der Waals surface area (Å²) in [5.74, 6) is 0.742. The van der Waals surface area contributed by atoms with Crippen molar-refractivity contribution in [2.24, 2.45) is 11.8 Å². The van der Waals surface area contributed by atoms with Crippen molar-refractivity contribution < 1.29 is 9.59 Å². The molecule has 0 aliphatic carbocycles. The molecule has 6 nitrogen and oxygen atoms in total. The maximum Gasteiger partial charge on any atom is 0.267 e. The van der Waals surface area contributed by atoms with E-state index in [2.05, 4.69) is 28.6 Å². The van der Waals surface area contributed by atoms with Crippen LogP contribution in [0.25, 0.3) is 0 Å². The molecule has 0 unspecified atom stereocenters. The normalized spacial score (nSPS) is 24.3. The summed E-state index contributed by atoms with van der Waals surface area (Å²) in [4.78, 5) is 29.9. The molecular weight excluding hydrogens is 360 g/mol. The van der Waals surface area contributed by atoms with Crippen LogP contribution >= 0.6 is 11.5 Å². The van der Waals surface area contributed by atoms with Crippen molar-refractivity contribution in [3.8, 4) is 0 Å². The number of hydrogen-bond acceptors (Lipinski definition) is 5. The van der Waals surface area contributed by atoms with Crippen molar-refractivity contribution in [3.05, 3.63) is 46.5 Å². The van der Waals surface area contributed by atoms with Crippen LogP contribution in [0.5, 0.6) is 0 Å². The standard InChI is InChI=1S/C20H24N4O2S/c1-3-7-17-19(27-22-21-17)20(26)23-10-15-11-24(13(2)25)18(16(15)12-23)14-8-5-4-6-9-14/h4-6,8-9,15-16,18H,3,7,10-12H2,1-2H3/t15-,16-,18-/m1/s1. The van der Waals surface area contributed by atoms with Gasteiger partial charge in [0, 0.05) is 38.4 Å². The molecule has 0 spiro atoms. The highest BCUT2D eigenvalue weighted by Crippen LogP contribution is 2.45. The van der Waals surface area contributed by atoms with E-state index in [0.717, 1.165) is 24.1 Å². The van der Waals surface area contributed by atoms with Crippen LogP contribution in [0.15, 0.2) is 30.3 Å². The lowest BCUT2D eigenvalue weighted by atomic mass is 9.89. The molecule has 0 N–H and O–H groups in total. The highest BCUT2D eigenvalue weighted by atomic mass is 32.1. The predicted octanol–water partition coefficient (Wildman–Crippen LogP) is 2.78. The molecule has 7 heteroatoms. The molecule has 2 saturated heterocycles. The van der Waals surface area contributed by atoms with Gasteiger partial charge in [0.1, 0.15) is 4.88 Å². The summed E-state index contributed by atoms with van der Waals surface area (Å²) in [7, 11) is 0. The average Bonchev–Trinajstić information content (AvgIpc) is 3.36. The maximum atomic E-state index is 13.1. The summed E-state index contributed by atoms with van der Waals surface area (Å²) in [6, 6.07) is 10.2. The first-order valence-electron chi connectivity index (χ1n) is 9.52. The first kappa shape index (κ1) is 18.1. The molecule has 3 atom stereocenters. The number of nitrogens with zero attached hydrogens (tertiary/aromatic N) is 4. The summed E-state index contributed by atoms with van der Waals surface area (Å²) >= 11 is 1.20. The zero-order valence-corrected chi connectivity index (χ0v) is 16.5. The molecule has 2 fully saturated rings. The molecule has 2 aromatic rings. The van der Waals surface area contributed by atoms with E-state index >= 15 is 0 Å². The third kappa shape index (κ3) is 3.25. The van der Waals surface area contributed by atoms with Gasteiger partial charge in [0.05, 0.1) is 11.7 Å². The van der Waals surface area contributed by atoms with E-state index in [1.807, 2.05) is 28.0 Å². The first-order valence-corrected chi connectivity index (χ1v) is 10.3. The van der Waals surface area contributed by atoms with Crippen LogP contribution in [-0.4, -0.2) is 50.8 Å². The number of carbonyl (C=O) groups is 2. The number of likely N-dealkylation sites (tertiary alicyclic amines) is 2. The van der Waals surface area contributed by atoms with Gasteiger partial charge in [0.15, 0.2) is 0 Å². The van der Waals surface area contributed by atoms with Crippen LogP contribution in [0.2, 0.25) is 0 Å². The Labute approximate surface area is 163 Å². The molecule has 4 rings (SSSR count).